The maximum Gasteiger partial charge on any atom is 0.222 e. The minimum atomic E-state index is 0.282. The highest BCUT2D eigenvalue weighted by molar-refractivity contribution is 5.76. The third-order valence-corrected chi connectivity index (χ3v) is 4.44. The van der Waals surface area contributed by atoms with Gasteiger partial charge in [-0.3, -0.25) is 9.89 Å². The second kappa shape index (κ2) is 6.39. The van der Waals surface area contributed by atoms with Gasteiger partial charge in [-0.15, -0.1) is 0 Å². The molecule has 1 aromatic heterocycles. The minimum absolute atomic E-state index is 0.282. The second-order valence-corrected chi connectivity index (χ2v) is 5.86. The topological polar surface area (TPSA) is 58.2 Å². The summed E-state index contributed by atoms with van der Waals surface area (Å²) in [6.45, 7) is 2.59. The Bertz CT molecular complexity index is 426. The number of hydrogen-bond donors (Lipinski definition) is 1. The first-order valence-corrected chi connectivity index (χ1v) is 7.71. The number of hydrogen-bond acceptors (Lipinski definition) is 3. The Balaban J connectivity index is 1.49. The van der Waals surface area contributed by atoms with Gasteiger partial charge < -0.3 is 9.64 Å². The maximum absolute atomic E-state index is 12.3. The van der Waals surface area contributed by atoms with E-state index in [9.17, 15) is 4.79 Å². The predicted molar refractivity (Wildman–Crippen MR) is 75.4 cm³/mol. The molecule has 2 fully saturated rings. The highest BCUT2D eigenvalue weighted by atomic mass is 16.5. The first-order chi connectivity index (χ1) is 9.83. The molecule has 2 atom stereocenters. The molecule has 1 N–H and O–H groups in total. The lowest BCUT2D eigenvalue weighted by atomic mass is 9.94. The van der Waals surface area contributed by atoms with Crippen molar-refractivity contribution in [2.45, 2.75) is 50.5 Å². The van der Waals surface area contributed by atoms with E-state index in [0.29, 0.717) is 18.4 Å². The van der Waals surface area contributed by atoms with Crippen LogP contribution in [-0.4, -0.2) is 46.8 Å². The molecule has 5 nitrogen and oxygen atoms in total. The van der Waals surface area contributed by atoms with Crippen molar-refractivity contribution in [3.8, 4) is 0 Å². The van der Waals surface area contributed by atoms with Crippen molar-refractivity contribution in [2.75, 3.05) is 19.7 Å². The van der Waals surface area contributed by atoms with Gasteiger partial charge in [0.2, 0.25) is 5.91 Å². The number of likely N-dealkylation sites (tertiary alicyclic amines) is 1. The second-order valence-electron chi connectivity index (χ2n) is 5.86. The van der Waals surface area contributed by atoms with Crippen LogP contribution < -0.4 is 0 Å². The molecule has 2 aliphatic rings. The number of H-pyrrole nitrogens is 1. The van der Waals surface area contributed by atoms with Gasteiger partial charge in [-0.2, -0.15) is 5.10 Å². The van der Waals surface area contributed by atoms with Crippen molar-refractivity contribution in [2.24, 2.45) is 0 Å². The number of piperidine rings is 1. The van der Waals surface area contributed by atoms with Crippen molar-refractivity contribution in [1.82, 2.24) is 15.1 Å². The monoisotopic (exact) mass is 277 g/mol. The lowest BCUT2D eigenvalue weighted by Crippen LogP contribution is -2.39. The molecular formula is C15H23N3O2. The summed E-state index contributed by atoms with van der Waals surface area (Å²) in [4.78, 5) is 14.3. The Morgan fingerprint density at radius 1 is 1.45 bits per heavy atom. The quantitative estimate of drug-likeness (QED) is 0.916. The predicted octanol–water partition coefficient (Wildman–Crippen LogP) is 2.07. The van der Waals surface area contributed by atoms with E-state index in [1.54, 1.807) is 6.20 Å². The number of nitrogens with one attached hydrogen (secondary N) is 1. The number of carbonyl (C=O) groups is 1. The number of amides is 1. The van der Waals surface area contributed by atoms with Crippen LogP contribution in [0.25, 0.3) is 0 Å². The zero-order valence-electron chi connectivity index (χ0n) is 11.9. The summed E-state index contributed by atoms with van der Waals surface area (Å²) in [5.41, 5.74) is 1.15. The van der Waals surface area contributed by atoms with Gasteiger partial charge in [0, 0.05) is 43.9 Å². The van der Waals surface area contributed by atoms with E-state index >= 15 is 0 Å². The largest absolute Gasteiger partial charge is 0.378 e. The van der Waals surface area contributed by atoms with E-state index in [1.165, 1.54) is 0 Å². The fourth-order valence-corrected chi connectivity index (χ4v) is 3.27. The Hall–Kier alpha value is -1.36. The van der Waals surface area contributed by atoms with Gasteiger partial charge in [-0.05, 0) is 38.2 Å². The molecule has 0 aliphatic carbocycles. The zero-order chi connectivity index (χ0) is 13.8. The molecular weight excluding hydrogens is 254 g/mol. The van der Waals surface area contributed by atoms with E-state index in [-0.39, 0.29) is 5.91 Å². The summed E-state index contributed by atoms with van der Waals surface area (Å²) in [7, 11) is 0. The molecule has 1 amide bonds. The number of aromatic nitrogens is 2. The van der Waals surface area contributed by atoms with Crippen molar-refractivity contribution >= 4 is 5.91 Å². The minimum Gasteiger partial charge on any atom is -0.378 e. The third-order valence-electron chi connectivity index (χ3n) is 4.44. The molecule has 2 aliphatic heterocycles. The first kappa shape index (κ1) is 13.6. The molecule has 3 heterocycles. The Morgan fingerprint density at radius 2 is 2.40 bits per heavy atom. The molecule has 0 bridgehead atoms. The van der Waals surface area contributed by atoms with E-state index in [4.69, 9.17) is 4.74 Å². The van der Waals surface area contributed by atoms with Gasteiger partial charge >= 0.3 is 0 Å². The average molecular weight is 277 g/mol. The van der Waals surface area contributed by atoms with E-state index < -0.39 is 0 Å². The molecule has 5 heteroatoms. The SMILES string of the molecule is O=C(CC[C@@H]1CCCO1)N1CCC[C@@H](c2ccn[nH]2)C1. The normalized spacial score (nSPS) is 26.9. The number of rotatable bonds is 4. The lowest BCUT2D eigenvalue weighted by Gasteiger charge is -2.32. The molecule has 0 spiro atoms. The van der Waals surface area contributed by atoms with Gasteiger partial charge in [0.25, 0.3) is 0 Å². The summed E-state index contributed by atoms with van der Waals surface area (Å²) in [6.07, 6.45) is 8.08. The number of aromatic amines is 1. The van der Waals surface area contributed by atoms with Crippen LogP contribution in [0.1, 0.15) is 50.1 Å². The van der Waals surface area contributed by atoms with Crippen LogP contribution in [0.15, 0.2) is 12.3 Å². The summed E-state index contributed by atoms with van der Waals surface area (Å²) in [5.74, 6) is 0.697. The molecule has 1 aromatic rings. The summed E-state index contributed by atoms with van der Waals surface area (Å²) in [5, 5.41) is 7.05. The smallest absolute Gasteiger partial charge is 0.222 e. The molecule has 0 aromatic carbocycles. The molecule has 2 saturated heterocycles. The Labute approximate surface area is 119 Å². The fourth-order valence-electron chi connectivity index (χ4n) is 3.27. The standard InChI is InChI=1S/C15H23N3O2/c19-15(6-5-13-4-2-10-20-13)18-9-1-3-12(11-18)14-7-8-16-17-14/h7-8,12-13H,1-6,9-11H2,(H,16,17)/t12-,13+/m1/s1. The number of nitrogens with zero attached hydrogens (tertiary/aromatic N) is 2. The average Bonchev–Trinajstić information content (AvgIpc) is 3.18. The zero-order valence-corrected chi connectivity index (χ0v) is 11.9. The molecule has 0 radical (unpaired) electrons. The van der Waals surface area contributed by atoms with E-state index in [1.807, 2.05) is 11.0 Å². The number of carbonyl (C=O) groups excluding carboxylic acids is 1. The van der Waals surface area contributed by atoms with Crippen LogP contribution in [-0.2, 0) is 9.53 Å². The van der Waals surface area contributed by atoms with Crippen LogP contribution in [0, 0.1) is 0 Å². The van der Waals surface area contributed by atoms with Crippen LogP contribution in [0.4, 0.5) is 0 Å². The van der Waals surface area contributed by atoms with Crippen LogP contribution >= 0.6 is 0 Å². The molecule has 0 saturated carbocycles. The Morgan fingerprint density at radius 3 is 3.15 bits per heavy atom. The molecule has 0 unspecified atom stereocenters. The number of ether oxygens (including phenoxy) is 1. The summed E-state index contributed by atoms with van der Waals surface area (Å²) in [6, 6.07) is 2.02. The van der Waals surface area contributed by atoms with Gasteiger partial charge in [0.1, 0.15) is 0 Å². The van der Waals surface area contributed by atoms with Crippen LogP contribution in [0.5, 0.6) is 0 Å². The fraction of sp³-hybridized carbons (Fsp3) is 0.733. The van der Waals surface area contributed by atoms with Gasteiger partial charge in [-0.25, -0.2) is 0 Å². The molecule has 3 rings (SSSR count). The highest BCUT2D eigenvalue weighted by Gasteiger charge is 2.26. The highest BCUT2D eigenvalue weighted by Crippen LogP contribution is 2.26. The van der Waals surface area contributed by atoms with Crippen molar-refractivity contribution in [3.05, 3.63) is 18.0 Å². The van der Waals surface area contributed by atoms with E-state index in [2.05, 4.69) is 10.2 Å². The Kier molecular flexibility index (Phi) is 4.35. The van der Waals surface area contributed by atoms with Gasteiger partial charge in [-0.1, -0.05) is 0 Å². The van der Waals surface area contributed by atoms with Crippen molar-refractivity contribution in [3.63, 3.8) is 0 Å². The van der Waals surface area contributed by atoms with E-state index in [0.717, 1.165) is 57.5 Å². The van der Waals surface area contributed by atoms with Crippen LogP contribution in [0.3, 0.4) is 0 Å². The molecule has 110 valence electrons. The third kappa shape index (κ3) is 3.20. The van der Waals surface area contributed by atoms with Gasteiger partial charge in [0.15, 0.2) is 0 Å². The van der Waals surface area contributed by atoms with Gasteiger partial charge in [0.05, 0.1) is 6.10 Å². The summed E-state index contributed by atoms with van der Waals surface area (Å²) >= 11 is 0. The maximum atomic E-state index is 12.3. The first-order valence-electron chi connectivity index (χ1n) is 7.71. The van der Waals surface area contributed by atoms with Crippen molar-refractivity contribution in [1.29, 1.82) is 0 Å². The van der Waals surface area contributed by atoms with Crippen molar-refractivity contribution < 1.29 is 9.53 Å². The molecule has 20 heavy (non-hydrogen) atoms. The van der Waals surface area contributed by atoms with Crippen LogP contribution in [0.2, 0.25) is 0 Å². The summed E-state index contributed by atoms with van der Waals surface area (Å²) < 4.78 is 5.59. The lowest BCUT2D eigenvalue weighted by molar-refractivity contribution is -0.133.